The van der Waals surface area contributed by atoms with Crippen LogP contribution in [0, 0.1) is 17.7 Å². The summed E-state index contributed by atoms with van der Waals surface area (Å²) in [6.07, 6.45) is 0.358. The predicted octanol–water partition coefficient (Wildman–Crippen LogP) is 2.20. The van der Waals surface area contributed by atoms with Crippen molar-refractivity contribution in [2.24, 2.45) is 11.8 Å². The fraction of sp³-hybridized carbons (Fsp3) is 0.333. The van der Waals surface area contributed by atoms with Gasteiger partial charge in [0.15, 0.2) is 0 Å². The molecule has 0 aliphatic carbocycles. The van der Waals surface area contributed by atoms with E-state index in [-0.39, 0.29) is 34.8 Å². The predicted molar refractivity (Wildman–Crippen MR) is 117 cm³/mol. The summed E-state index contributed by atoms with van der Waals surface area (Å²) in [7, 11) is 0. The Morgan fingerprint density at radius 1 is 1.03 bits per heavy atom. The van der Waals surface area contributed by atoms with E-state index in [0.717, 1.165) is 10.9 Å². The molecule has 3 aromatic rings. The van der Waals surface area contributed by atoms with E-state index in [0.29, 0.717) is 43.7 Å². The van der Waals surface area contributed by atoms with Gasteiger partial charge >= 0.3 is 0 Å². The quantitative estimate of drug-likeness (QED) is 0.685. The van der Waals surface area contributed by atoms with Gasteiger partial charge in [-0.05, 0) is 23.8 Å². The first-order valence-corrected chi connectivity index (χ1v) is 10.7. The molecule has 1 N–H and O–H groups in total. The van der Waals surface area contributed by atoms with Crippen LogP contribution >= 0.6 is 0 Å². The Labute approximate surface area is 183 Å². The van der Waals surface area contributed by atoms with E-state index >= 15 is 0 Å². The number of benzene rings is 2. The molecule has 2 aromatic carbocycles. The topological polar surface area (TPSA) is 86.4 Å². The highest BCUT2D eigenvalue weighted by Gasteiger charge is 2.42. The number of aromatic nitrogens is 2. The number of carbonyl (C=O) groups excluding carboxylic acids is 2. The van der Waals surface area contributed by atoms with Crippen molar-refractivity contribution in [2.45, 2.75) is 13.3 Å². The summed E-state index contributed by atoms with van der Waals surface area (Å²) in [4.78, 5) is 40.3. The molecule has 0 spiro atoms. The molecule has 32 heavy (non-hydrogen) atoms. The van der Waals surface area contributed by atoms with E-state index in [2.05, 4.69) is 10.2 Å². The molecule has 0 bridgehead atoms. The summed E-state index contributed by atoms with van der Waals surface area (Å²) in [5, 5.41) is 7.96. The Bertz CT molecular complexity index is 1270. The Balaban J connectivity index is 1.37. The second-order valence-electron chi connectivity index (χ2n) is 8.69. The number of hydrogen-bond donors (Lipinski definition) is 1. The molecule has 0 saturated carbocycles. The lowest BCUT2D eigenvalue weighted by atomic mass is 10.0. The zero-order valence-electron chi connectivity index (χ0n) is 17.7. The lowest BCUT2D eigenvalue weighted by Gasteiger charge is -2.21. The summed E-state index contributed by atoms with van der Waals surface area (Å²) in [5.41, 5.74) is 1.17. The second kappa shape index (κ2) is 7.85. The van der Waals surface area contributed by atoms with Crippen LogP contribution in [0.25, 0.3) is 10.8 Å². The Hall–Kier alpha value is -3.55. The van der Waals surface area contributed by atoms with Gasteiger partial charge in [-0.25, -0.2) is 9.49 Å². The lowest BCUT2D eigenvalue weighted by molar-refractivity contribution is -0.128. The average Bonchev–Trinajstić information content (AvgIpc) is 3.36. The van der Waals surface area contributed by atoms with Crippen LogP contribution in [0.5, 0.6) is 0 Å². The van der Waals surface area contributed by atoms with Crippen molar-refractivity contribution in [1.82, 2.24) is 20.0 Å². The fourth-order valence-corrected chi connectivity index (χ4v) is 4.93. The van der Waals surface area contributed by atoms with Gasteiger partial charge in [0, 0.05) is 56.7 Å². The van der Waals surface area contributed by atoms with Crippen LogP contribution in [0.4, 0.5) is 4.39 Å². The van der Waals surface area contributed by atoms with Gasteiger partial charge in [0.25, 0.3) is 11.5 Å². The van der Waals surface area contributed by atoms with Crippen LogP contribution in [-0.2, 0) is 11.2 Å². The van der Waals surface area contributed by atoms with Crippen LogP contribution in [-0.4, -0.2) is 58.0 Å². The van der Waals surface area contributed by atoms with Crippen LogP contribution in [0.15, 0.2) is 47.3 Å². The average molecular weight is 434 g/mol. The third-order valence-corrected chi connectivity index (χ3v) is 6.63. The summed E-state index contributed by atoms with van der Waals surface area (Å²) >= 11 is 0. The normalized spacial score (nSPS) is 20.1. The van der Waals surface area contributed by atoms with Crippen molar-refractivity contribution in [1.29, 1.82) is 0 Å². The van der Waals surface area contributed by atoms with E-state index in [1.54, 1.807) is 36.1 Å². The molecule has 2 aliphatic heterocycles. The van der Waals surface area contributed by atoms with Crippen LogP contribution in [0.1, 0.15) is 28.5 Å². The van der Waals surface area contributed by atoms with E-state index in [1.807, 2.05) is 17.0 Å². The SMILES string of the molecule is CC(=O)N1CC2CN(C(=O)c3cc(Cc4n[nH]c(=O)c5ccccc45)ccc3F)CC2C1. The second-order valence-corrected chi connectivity index (χ2v) is 8.69. The number of aromatic amines is 1. The molecular formula is C24H23FN4O3. The minimum absolute atomic E-state index is 0.0413. The number of nitrogens with one attached hydrogen (secondary N) is 1. The Kier molecular flexibility index (Phi) is 5.00. The maximum atomic E-state index is 14.6. The molecule has 2 fully saturated rings. The smallest absolute Gasteiger partial charge is 0.272 e. The molecule has 2 saturated heterocycles. The summed E-state index contributed by atoms with van der Waals surface area (Å²) in [5.74, 6) is -0.344. The molecule has 7 nitrogen and oxygen atoms in total. The first-order valence-electron chi connectivity index (χ1n) is 10.7. The van der Waals surface area contributed by atoms with Crippen LogP contribution < -0.4 is 5.56 Å². The minimum atomic E-state index is -0.555. The number of amides is 2. The molecule has 1 aromatic heterocycles. The van der Waals surface area contributed by atoms with Crippen molar-refractivity contribution < 1.29 is 14.0 Å². The van der Waals surface area contributed by atoms with Gasteiger partial charge in [-0.1, -0.05) is 24.3 Å². The molecule has 164 valence electrons. The van der Waals surface area contributed by atoms with Gasteiger partial charge in [0.1, 0.15) is 5.82 Å². The molecule has 8 heteroatoms. The molecule has 2 atom stereocenters. The number of hydrogen-bond acceptors (Lipinski definition) is 4. The maximum absolute atomic E-state index is 14.6. The molecule has 2 amide bonds. The van der Waals surface area contributed by atoms with Crippen molar-refractivity contribution in [3.8, 4) is 0 Å². The van der Waals surface area contributed by atoms with Crippen LogP contribution in [0.3, 0.4) is 0 Å². The molecule has 3 heterocycles. The Morgan fingerprint density at radius 3 is 2.38 bits per heavy atom. The lowest BCUT2D eigenvalue weighted by Crippen LogP contribution is -2.35. The summed E-state index contributed by atoms with van der Waals surface area (Å²) < 4.78 is 14.6. The number of halogens is 1. The van der Waals surface area contributed by atoms with Gasteiger partial charge in [0.2, 0.25) is 5.91 Å². The number of likely N-dealkylation sites (tertiary alicyclic amines) is 2. The standard InChI is InChI=1S/C24H23FN4O3/c1-14(30)28-10-16-12-29(13-17(16)11-28)24(32)20-8-15(6-7-21(20)25)9-22-18-4-2-3-5-19(18)23(31)27-26-22/h2-8,16-17H,9-13H2,1H3,(H,27,31). The minimum Gasteiger partial charge on any atom is -0.342 e. The van der Waals surface area contributed by atoms with Crippen molar-refractivity contribution in [3.63, 3.8) is 0 Å². The first kappa shape index (κ1) is 20.4. The number of rotatable bonds is 3. The van der Waals surface area contributed by atoms with Crippen molar-refractivity contribution >= 4 is 22.6 Å². The number of nitrogens with zero attached hydrogens (tertiary/aromatic N) is 3. The number of fused-ring (bicyclic) bond motifs is 2. The molecule has 2 unspecified atom stereocenters. The summed E-state index contributed by atoms with van der Waals surface area (Å²) in [6.45, 7) is 3.92. The van der Waals surface area contributed by atoms with Crippen molar-refractivity contribution in [2.75, 3.05) is 26.2 Å². The largest absolute Gasteiger partial charge is 0.342 e. The third kappa shape index (κ3) is 3.55. The third-order valence-electron chi connectivity index (χ3n) is 6.63. The zero-order chi connectivity index (χ0) is 22.4. The van der Waals surface area contributed by atoms with E-state index in [1.165, 1.54) is 6.07 Å². The Morgan fingerprint density at radius 2 is 1.69 bits per heavy atom. The van der Waals surface area contributed by atoms with Crippen LogP contribution in [0.2, 0.25) is 0 Å². The highest BCUT2D eigenvalue weighted by molar-refractivity contribution is 5.95. The number of carbonyl (C=O) groups is 2. The number of H-pyrrole nitrogens is 1. The van der Waals surface area contributed by atoms with E-state index < -0.39 is 5.82 Å². The van der Waals surface area contributed by atoms with Gasteiger partial charge in [-0.2, -0.15) is 5.10 Å². The molecular weight excluding hydrogens is 411 g/mol. The first-order chi connectivity index (χ1) is 15.4. The molecule has 5 rings (SSSR count). The highest BCUT2D eigenvalue weighted by atomic mass is 19.1. The highest BCUT2D eigenvalue weighted by Crippen LogP contribution is 2.32. The van der Waals surface area contributed by atoms with Gasteiger partial charge in [-0.3, -0.25) is 14.4 Å². The monoisotopic (exact) mass is 434 g/mol. The van der Waals surface area contributed by atoms with Crippen molar-refractivity contribution in [3.05, 3.63) is 75.5 Å². The summed E-state index contributed by atoms with van der Waals surface area (Å²) in [6, 6.07) is 11.7. The molecule has 2 aliphatic rings. The van der Waals surface area contributed by atoms with Gasteiger partial charge in [-0.15, -0.1) is 0 Å². The van der Waals surface area contributed by atoms with E-state index in [9.17, 15) is 18.8 Å². The van der Waals surface area contributed by atoms with Gasteiger partial charge < -0.3 is 9.80 Å². The van der Waals surface area contributed by atoms with Gasteiger partial charge in [0.05, 0.1) is 16.6 Å². The van der Waals surface area contributed by atoms with E-state index in [4.69, 9.17) is 0 Å². The zero-order valence-corrected chi connectivity index (χ0v) is 17.7. The maximum Gasteiger partial charge on any atom is 0.272 e. The molecule has 0 radical (unpaired) electrons. The fourth-order valence-electron chi connectivity index (χ4n) is 4.93.